The molecule has 0 saturated carbocycles. The second-order valence-corrected chi connectivity index (χ2v) is 7.35. The Labute approximate surface area is 183 Å². The number of aliphatic hydroxyl groups is 3. The summed E-state index contributed by atoms with van der Waals surface area (Å²) < 4.78 is 16.0. The molecule has 1 aliphatic heterocycles. The van der Waals surface area contributed by atoms with Gasteiger partial charge in [-0.2, -0.15) is 0 Å². The molecule has 174 valence electrons. The molecule has 0 bridgehead atoms. The number of phenols is 3. The van der Waals surface area contributed by atoms with Gasteiger partial charge in [-0.1, -0.05) is 0 Å². The van der Waals surface area contributed by atoms with Crippen molar-refractivity contribution in [3.63, 3.8) is 0 Å². The van der Waals surface area contributed by atoms with Crippen LogP contribution >= 0.6 is 0 Å². The first-order chi connectivity index (χ1) is 15.6. The van der Waals surface area contributed by atoms with Gasteiger partial charge in [0.05, 0.1) is 0 Å². The second kappa shape index (κ2) is 8.26. The van der Waals surface area contributed by atoms with Crippen molar-refractivity contribution in [2.24, 2.45) is 0 Å². The molecule has 0 amide bonds. The Morgan fingerprint density at radius 2 is 1.64 bits per heavy atom. The summed E-state index contributed by atoms with van der Waals surface area (Å²) in [5.41, 5.74) is -0.546. The zero-order valence-corrected chi connectivity index (χ0v) is 16.5. The molecular weight excluding hydrogens is 444 g/mol. The predicted molar refractivity (Wildman–Crippen MR) is 108 cm³/mol. The average molecular weight is 462 g/mol. The van der Waals surface area contributed by atoms with E-state index in [1.165, 1.54) is 12.1 Å². The van der Waals surface area contributed by atoms with E-state index in [4.69, 9.17) is 19.0 Å². The Balaban J connectivity index is 1.70. The number of fused-ring (bicyclic) bond motifs is 1. The Kier molecular flexibility index (Phi) is 5.59. The van der Waals surface area contributed by atoms with Gasteiger partial charge in [0.15, 0.2) is 23.0 Å². The lowest BCUT2D eigenvalue weighted by molar-refractivity contribution is -0.271. The van der Waals surface area contributed by atoms with E-state index in [1.54, 1.807) is 0 Å². The number of carbonyl (C=O) groups is 1. The molecule has 0 unspecified atom stereocenters. The van der Waals surface area contributed by atoms with Crippen LogP contribution in [0.3, 0.4) is 0 Å². The summed E-state index contributed by atoms with van der Waals surface area (Å²) in [6, 6.07) is 6.86. The second-order valence-electron chi connectivity index (χ2n) is 7.35. The van der Waals surface area contributed by atoms with Crippen LogP contribution in [0.5, 0.6) is 23.0 Å². The molecule has 0 spiro atoms. The molecule has 1 fully saturated rings. The molecule has 1 aromatic heterocycles. The van der Waals surface area contributed by atoms with Crippen LogP contribution in [0, 0.1) is 0 Å². The number of aliphatic hydroxyl groups excluding tert-OH is 3. The zero-order chi connectivity index (χ0) is 24.0. The average Bonchev–Trinajstić information content (AvgIpc) is 2.74. The summed E-state index contributed by atoms with van der Waals surface area (Å²) >= 11 is 0. The topological polar surface area (TPSA) is 207 Å². The van der Waals surface area contributed by atoms with Gasteiger partial charge in [0.25, 0.3) is 0 Å². The van der Waals surface area contributed by atoms with Crippen molar-refractivity contribution in [3.05, 3.63) is 46.6 Å². The number of ether oxygens (including phenoxy) is 2. The lowest BCUT2D eigenvalue weighted by Gasteiger charge is -2.38. The SMILES string of the molecule is O=C(O)[C@H]1O[C@@H](Oc2cc(-c3cc(=O)c4c(O)cc(O)cc4o3)ccc2O)[C@H](O)[C@@H](O)[C@@H]1O. The van der Waals surface area contributed by atoms with E-state index >= 15 is 0 Å². The fraction of sp³-hybridized carbons (Fsp3) is 0.238. The molecule has 4 rings (SSSR count). The van der Waals surface area contributed by atoms with E-state index < -0.39 is 53.6 Å². The van der Waals surface area contributed by atoms with Crippen molar-refractivity contribution >= 4 is 16.9 Å². The normalized spacial score (nSPS) is 25.1. The van der Waals surface area contributed by atoms with Crippen LogP contribution in [0.4, 0.5) is 0 Å². The van der Waals surface area contributed by atoms with Gasteiger partial charge in [-0.25, -0.2) is 4.79 Å². The number of aliphatic carboxylic acids is 1. The van der Waals surface area contributed by atoms with E-state index in [2.05, 4.69) is 0 Å². The van der Waals surface area contributed by atoms with Gasteiger partial charge in [-0.05, 0) is 18.2 Å². The Bertz CT molecular complexity index is 1280. The highest BCUT2D eigenvalue weighted by molar-refractivity contribution is 5.86. The van der Waals surface area contributed by atoms with Crippen LogP contribution in [0.25, 0.3) is 22.3 Å². The van der Waals surface area contributed by atoms with E-state index in [-0.39, 0.29) is 33.8 Å². The fourth-order valence-electron chi connectivity index (χ4n) is 3.43. The Hall–Kier alpha value is -3.84. The summed E-state index contributed by atoms with van der Waals surface area (Å²) in [6.07, 6.45) is -9.37. The maximum Gasteiger partial charge on any atom is 0.335 e. The fourth-order valence-corrected chi connectivity index (χ4v) is 3.43. The number of hydrogen-bond acceptors (Lipinski definition) is 11. The Morgan fingerprint density at radius 1 is 0.909 bits per heavy atom. The first kappa shape index (κ1) is 22.4. The number of hydrogen-bond donors (Lipinski definition) is 7. The largest absolute Gasteiger partial charge is 0.508 e. The van der Waals surface area contributed by atoms with E-state index in [0.717, 1.165) is 24.3 Å². The number of carboxylic acids is 1. The van der Waals surface area contributed by atoms with Crippen LogP contribution in [0.2, 0.25) is 0 Å². The van der Waals surface area contributed by atoms with Gasteiger partial charge in [0.1, 0.15) is 46.5 Å². The molecule has 2 aromatic carbocycles. The maximum atomic E-state index is 12.4. The third-order valence-electron chi connectivity index (χ3n) is 5.10. The first-order valence-corrected chi connectivity index (χ1v) is 9.49. The summed E-state index contributed by atoms with van der Waals surface area (Å²) in [5, 5.41) is 68.5. The maximum absolute atomic E-state index is 12.4. The van der Waals surface area contributed by atoms with Crippen molar-refractivity contribution < 1.29 is 54.4 Å². The number of carboxylic acid groups (broad SMARTS) is 1. The molecule has 12 heteroatoms. The molecule has 12 nitrogen and oxygen atoms in total. The number of aromatic hydroxyl groups is 3. The molecule has 5 atom stereocenters. The van der Waals surface area contributed by atoms with Crippen LogP contribution in [-0.2, 0) is 9.53 Å². The van der Waals surface area contributed by atoms with Gasteiger partial charge >= 0.3 is 5.97 Å². The van der Waals surface area contributed by atoms with Gasteiger partial charge in [0.2, 0.25) is 6.29 Å². The number of benzene rings is 2. The van der Waals surface area contributed by atoms with Crippen LogP contribution in [-0.4, -0.2) is 72.4 Å². The molecule has 3 aromatic rings. The van der Waals surface area contributed by atoms with Gasteiger partial charge < -0.3 is 49.6 Å². The third kappa shape index (κ3) is 4.03. The van der Waals surface area contributed by atoms with Gasteiger partial charge in [-0.15, -0.1) is 0 Å². The molecular formula is C21H18O12. The van der Waals surface area contributed by atoms with E-state index in [1.807, 2.05) is 0 Å². The monoisotopic (exact) mass is 462 g/mol. The van der Waals surface area contributed by atoms with Crippen molar-refractivity contribution in [2.45, 2.75) is 30.7 Å². The van der Waals surface area contributed by atoms with Gasteiger partial charge in [-0.3, -0.25) is 4.79 Å². The van der Waals surface area contributed by atoms with Crippen molar-refractivity contribution in [1.82, 2.24) is 0 Å². The minimum atomic E-state index is -1.92. The lowest BCUT2D eigenvalue weighted by atomic mass is 9.99. The summed E-state index contributed by atoms with van der Waals surface area (Å²) in [6.45, 7) is 0. The highest BCUT2D eigenvalue weighted by atomic mass is 16.7. The zero-order valence-electron chi connectivity index (χ0n) is 16.5. The number of rotatable bonds is 4. The summed E-state index contributed by atoms with van der Waals surface area (Å²) in [4.78, 5) is 23.7. The molecule has 1 aliphatic rings. The highest BCUT2D eigenvalue weighted by Gasteiger charge is 2.48. The molecule has 33 heavy (non-hydrogen) atoms. The van der Waals surface area contributed by atoms with Crippen molar-refractivity contribution in [1.29, 1.82) is 0 Å². The highest BCUT2D eigenvalue weighted by Crippen LogP contribution is 2.36. The minimum absolute atomic E-state index is 0.0358. The smallest absolute Gasteiger partial charge is 0.335 e. The number of phenolic OH excluding ortho intramolecular Hbond substituents is 3. The van der Waals surface area contributed by atoms with Crippen LogP contribution < -0.4 is 10.2 Å². The molecule has 2 heterocycles. The van der Waals surface area contributed by atoms with Gasteiger partial charge in [0, 0.05) is 23.8 Å². The third-order valence-corrected chi connectivity index (χ3v) is 5.10. The summed E-state index contributed by atoms with van der Waals surface area (Å²) in [7, 11) is 0. The standard InChI is InChI=1S/C21H18O12/c22-8-4-10(24)15-11(25)6-12(31-14(15)5-8)7-1-2-9(23)13(3-7)32-21-18(28)16(26)17(27)19(33-21)20(29)30/h1-6,16-19,21-24,26-28H,(H,29,30)/t16-,17-,18+,19-,21+/m0/s1. The lowest BCUT2D eigenvalue weighted by Crippen LogP contribution is -2.61. The summed E-state index contributed by atoms with van der Waals surface area (Å²) in [5.74, 6) is -3.24. The Morgan fingerprint density at radius 3 is 2.33 bits per heavy atom. The van der Waals surface area contributed by atoms with Crippen LogP contribution in [0.1, 0.15) is 0 Å². The van der Waals surface area contributed by atoms with Crippen LogP contribution in [0.15, 0.2) is 45.6 Å². The molecule has 0 aliphatic carbocycles. The molecule has 7 N–H and O–H groups in total. The van der Waals surface area contributed by atoms with E-state index in [9.17, 15) is 40.2 Å². The molecule has 1 saturated heterocycles. The predicted octanol–water partition coefficient (Wildman–Crippen LogP) is -0.152. The first-order valence-electron chi connectivity index (χ1n) is 9.49. The van der Waals surface area contributed by atoms with E-state index in [0.29, 0.717) is 0 Å². The minimum Gasteiger partial charge on any atom is -0.508 e. The van der Waals surface area contributed by atoms with Crippen molar-refractivity contribution in [3.8, 4) is 34.3 Å². The quantitative estimate of drug-likeness (QED) is 0.270. The van der Waals surface area contributed by atoms with Crippen molar-refractivity contribution in [2.75, 3.05) is 0 Å². The molecule has 0 radical (unpaired) electrons.